The third-order valence-corrected chi connectivity index (χ3v) is 5.33. The fraction of sp³-hybridized carbons (Fsp3) is 0.550. The summed E-state index contributed by atoms with van der Waals surface area (Å²) in [7, 11) is 0. The molecule has 1 N–H and O–H groups in total. The van der Waals surface area contributed by atoms with Crippen LogP contribution in [0.3, 0.4) is 0 Å². The van der Waals surface area contributed by atoms with Crippen molar-refractivity contribution in [3.63, 3.8) is 0 Å². The second-order valence-electron chi connectivity index (χ2n) is 7.19. The Morgan fingerprint density at radius 3 is 2.67 bits per heavy atom. The quantitative estimate of drug-likeness (QED) is 0.627. The number of unbranched alkanes of at least 4 members (excludes halogenated alkanes) is 1. The van der Waals surface area contributed by atoms with Crippen LogP contribution in [0.5, 0.6) is 0 Å². The van der Waals surface area contributed by atoms with E-state index in [1.165, 1.54) is 30.4 Å². The summed E-state index contributed by atoms with van der Waals surface area (Å²) in [4.78, 5) is 14.5. The van der Waals surface area contributed by atoms with Crippen LogP contribution in [0, 0.1) is 0 Å². The van der Waals surface area contributed by atoms with Gasteiger partial charge < -0.3 is 9.52 Å². The number of fused-ring (bicyclic) bond motifs is 2. The molecule has 24 heavy (non-hydrogen) atoms. The van der Waals surface area contributed by atoms with Crippen LogP contribution in [0.15, 0.2) is 27.4 Å². The van der Waals surface area contributed by atoms with Gasteiger partial charge in [0.2, 0.25) is 0 Å². The van der Waals surface area contributed by atoms with Gasteiger partial charge in [-0.1, -0.05) is 0 Å². The van der Waals surface area contributed by atoms with E-state index in [9.17, 15) is 4.79 Å². The molecule has 128 valence electrons. The van der Waals surface area contributed by atoms with E-state index < -0.39 is 0 Å². The summed E-state index contributed by atoms with van der Waals surface area (Å²) in [6.45, 7) is 2.04. The molecule has 0 saturated heterocycles. The van der Waals surface area contributed by atoms with Crippen LogP contribution in [-0.4, -0.2) is 29.2 Å². The zero-order valence-electron chi connectivity index (χ0n) is 14.1. The number of aliphatic hydroxyl groups excluding tert-OH is 1. The predicted molar refractivity (Wildman–Crippen MR) is 94.3 cm³/mol. The van der Waals surface area contributed by atoms with E-state index in [0.29, 0.717) is 6.04 Å². The number of hydrogen-bond acceptors (Lipinski definition) is 4. The Morgan fingerprint density at radius 1 is 1.12 bits per heavy atom. The lowest BCUT2D eigenvalue weighted by molar-refractivity contribution is 0.229. The Balaban J connectivity index is 1.65. The molecule has 0 bridgehead atoms. The second kappa shape index (κ2) is 6.69. The van der Waals surface area contributed by atoms with Gasteiger partial charge in [-0.05, 0) is 80.3 Å². The fourth-order valence-electron chi connectivity index (χ4n) is 3.90. The first-order chi connectivity index (χ1) is 11.7. The summed E-state index contributed by atoms with van der Waals surface area (Å²) in [5, 5.41) is 10.1. The van der Waals surface area contributed by atoms with E-state index >= 15 is 0 Å². The van der Waals surface area contributed by atoms with Crippen molar-refractivity contribution in [3.8, 4) is 0 Å². The highest BCUT2D eigenvalue weighted by atomic mass is 16.4. The smallest absolute Gasteiger partial charge is 0.336 e. The molecule has 1 aromatic heterocycles. The third-order valence-electron chi connectivity index (χ3n) is 5.33. The zero-order valence-corrected chi connectivity index (χ0v) is 14.1. The van der Waals surface area contributed by atoms with E-state index in [1.807, 2.05) is 0 Å². The van der Waals surface area contributed by atoms with Gasteiger partial charge in [0.1, 0.15) is 5.58 Å². The molecule has 4 heteroatoms. The number of aliphatic hydroxyl groups is 1. The summed E-state index contributed by atoms with van der Waals surface area (Å²) in [6.07, 6.45) is 7.75. The second-order valence-corrected chi connectivity index (χ2v) is 7.19. The molecule has 4 rings (SSSR count). The Morgan fingerprint density at radius 2 is 1.92 bits per heavy atom. The largest absolute Gasteiger partial charge is 0.423 e. The molecular weight excluding hydrogens is 302 g/mol. The SMILES string of the molecule is O=c1cc(CN(CCCCO)C2CC2)c2cc3c(cc2o1)CCC3. The minimum Gasteiger partial charge on any atom is -0.423 e. The van der Waals surface area contributed by atoms with Gasteiger partial charge in [0.15, 0.2) is 0 Å². The zero-order chi connectivity index (χ0) is 16.5. The maximum atomic E-state index is 12.0. The minimum atomic E-state index is -0.249. The summed E-state index contributed by atoms with van der Waals surface area (Å²) >= 11 is 0. The molecule has 2 aliphatic carbocycles. The van der Waals surface area contributed by atoms with Gasteiger partial charge in [-0.25, -0.2) is 4.79 Å². The summed E-state index contributed by atoms with van der Waals surface area (Å²) in [6, 6.07) is 6.63. The van der Waals surface area contributed by atoms with E-state index in [-0.39, 0.29) is 12.2 Å². The Hall–Kier alpha value is -1.65. The number of benzene rings is 1. The average molecular weight is 327 g/mol. The summed E-state index contributed by atoms with van der Waals surface area (Å²) in [5.74, 6) is 0. The van der Waals surface area contributed by atoms with Gasteiger partial charge in [0, 0.05) is 30.6 Å². The van der Waals surface area contributed by atoms with Crippen LogP contribution in [0.25, 0.3) is 11.0 Å². The molecule has 0 radical (unpaired) electrons. The van der Waals surface area contributed by atoms with Crippen molar-refractivity contribution >= 4 is 11.0 Å². The van der Waals surface area contributed by atoms with Crippen molar-refractivity contribution in [2.45, 2.75) is 57.5 Å². The molecule has 2 aliphatic rings. The molecule has 0 unspecified atom stereocenters. The summed E-state index contributed by atoms with van der Waals surface area (Å²) in [5.41, 5.74) is 4.33. The van der Waals surface area contributed by atoms with Crippen molar-refractivity contribution in [2.24, 2.45) is 0 Å². The van der Waals surface area contributed by atoms with Crippen molar-refractivity contribution in [1.29, 1.82) is 0 Å². The molecule has 0 aliphatic heterocycles. The van der Waals surface area contributed by atoms with E-state index in [0.717, 1.165) is 55.3 Å². The maximum absolute atomic E-state index is 12.0. The minimum absolute atomic E-state index is 0.249. The normalized spacial score (nSPS) is 16.9. The molecule has 4 nitrogen and oxygen atoms in total. The molecular formula is C20H25NO3. The lowest BCUT2D eigenvalue weighted by Gasteiger charge is -2.22. The maximum Gasteiger partial charge on any atom is 0.336 e. The number of aryl methyl sites for hydroxylation is 2. The topological polar surface area (TPSA) is 53.7 Å². The monoisotopic (exact) mass is 327 g/mol. The van der Waals surface area contributed by atoms with E-state index in [4.69, 9.17) is 9.52 Å². The van der Waals surface area contributed by atoms with Gasteiger partial charge in [0.25, 0.3) is 0 Å². The lowest BCUT2D eigenvalue weighted by atomic mass is 10.0. The van der Waals surface area contributed by atoms with Crippen LogP contribution >= 0.6 is 0 Å². The van der Waals surface area contributed by atoms with Gasteiger partial charge in [-0.15, -0.1) is 0 Å². The molecule has 1 saturated carbocycles. The standard InChI is InChI=1S/C20H25NO3/c22-9-2-1-8-21(17-6-7-17)13-16-12-20(23)24-19-11-15-5-3-4-14(15)10-18(16)19/h10-12,17,22H,1-9,13H2. The Kier molecular flexibility index (Phi) is 4.42. The molecule has 0 spiro atoms. The van der Waals surface area contributed by atoms with E-state index in [2.05, 4.69) is 17.0 Å². The first-order valence-electron chi connectivity index (χ1n) is 9.18. The first kappa shape index (κ1) is 15.9. The van der Waals surface area contributed by atoms with Crippen LogP contribution in [0.2, 0.25) is 0 Å². The van der Waals surface area contributed by atoms with Crippen LogP contribution in [0.1, 0.15) is 48.8 Å². The van der Waals surface area contributed by atoms with Crippen molar-refractivity contribution in [3.05, 3.63) is 45.3 Å². The highest BCUT2D eigenvalue weighted by Crippen LogP contribution is 2.32. The van der Waals surface area contributed by atoms with E-state index in [1.54, 1.807) is 6.07 Å². The predicted octanol–water partition coefficient (Wildman–Crippen LogP) is 3.02. The van der Waals surface area contributed by atoms with Crippen molar-refractivity contribution in [2.75, 3.05) is 13.2 Å². The van der Waals surface area contributed by atoms with Gasteiger partial charge in [-0.3, -0.25) is 4.90 Å². The number of rotatable bonds is 7. The van der Waals surface area contributed by atoms with Crippen LogP contribution in [0.4, 0.5) is 0 Å². The molecule has 0 atom stereocenters. The average Bonchev–Trinajstić information content (AvgIpc) is 3.31. The highest BCUT2D eigenvalue weighted by Gasteiger charge is 2.29. The molecule has 1 heterocycles. The van der Waals surface area contributed by atoms with Gasteiger partial charge in [-0.2, -0.15) is 0 Å². The molecule has 0 amide bonds. The number of hydrogen-bond donors (Lipinski definition) is 1. The third kappa shape index (κ3) is 3.26. The van der Waals surface area contributed by atoms with Crippen LogP contribution < -0.4 is 5.63 Å². The number of nitrogens with zero attached hydrogens (tertiary/aromatic N) is 1. The molecule has 1 fully saturated rings. The highest BCUT2D eigenvalue weighted by molar-refractivity contribution is 5.82. The van der Waals surface area contributed by atoms with Gasteiger partial charge >= 0.3 is 5.63 Å². The van der Waals surface area contributed by atoms with Gasteiger partial charge in [0.05, 0.1) is 0 Å². The molecule has 2 aromatic rings. The summed E-state index contributed by atoms with van der Waals surface area (Å²) < 4.78 is 5.48. The first-order valence-corrected chi connectivity index (χ1v) is 9.18. The van der Waals surface area contributed by atoms with Crippen molar-refractivity contribution in [1.82, 2.24) is 4.90 Å². The fourth-order valence-corrected chi connectivity index (χ4v) is 3.90. The molecule has 1 aromatic carbocycles. The van der Waals surface area contributed by atoms with Crippen molar-refractivity contribution < 1.29 is 9.52 Å². The Labute approximate surface area is 142 Å². The lowest BCUT2D eigenvalue weighted by Crippen LogP contribution is -2.27. The Bertz CT molecular complexity index is 791. The van der Waals surface area contributed by atoms with Crippen LogP contribution in [-0.2, 0) is 19.4 Å².